The zero-order valence-electron chi connectivity index (χ0n) is 18.7. The number of carbonyl (C=O) groups excluding carboxylic acids is 1. The highest BCUT2D eigenvalue weighted by Gasteiger charge is 2.21. The molecule has 1 amide bonds. The number of hydrogen-bond donors (Lipinski definition) is 1. The number of hydrogen-bond acceptors (Lipinski definition) is 5. The lowest BCUT2D eigenvalue weighted by molar-refractivity contribution is -0.122. The van der Waals surface area contributed by atoms with Crippen molar-refractivity contribution in [2.45, 2.75) is 24.8 Å². The first-order valence-corrected chi connectivity index (χ1v) is 11.9. The van der Waals surface area contributed by atoms with Gasteiger partial charge in [-0.05, 0) is 68.4 Å². The zero-order chi connectivity index (χ0) is 24.2. The molecular formula is C24H25ClN2O5S. The number of anilines is 2. The van der Waals surface area contributed by atoms with Crippen LogP contribution in [-0.2, 0) is 14.8 Å². The molecule has 0 aliphatic rings. The molecule has 9 heteroatoms. The lowest BCUT2D eigenvalue weighted by Crippen LogP contribution is -2.30. The van der Waals surface area contributed by atoms with E-state index in [-0.39, 0.29) is 10.8 Å². The molecule has 0 aromatic heterocycles. The Bertz CT molecular complexity index is 1230. The number of nitrogens with zero attached hydrogens (tertiary/aromatic N) is 1. The van der Waals surface area contributed by atoms with Gasteiger partial charge in [-0.3, -0.25) is 9.10 Å². The van der Waals surface area contributed by atoms with Crippen LogP contribution in [0.2, 0.25) is 5.02 Å². The summed E-state index contributed by atoms with van der Waals surface area (Å²) in [6.45, 7) is 3.51. The van der Waals surface area contributed by atoms with E-state index in [1.165, 1.54) is 18.5 Å². The first-order chi connectivity index (χ1) is 15.6. The summed E-state index contributed by atoms with van der Waals surface area (Å²) in [5.41, 5.74) is 1.96. The van der Waals surface area contributed by atoms with E-state index < -0.39 is 16.1 Å². The van der Waals surface area contributed by atoms with Crippen molar-refractivity contribution in [1.82, 2.24) is 0 Å². The second-order valence-corrected chi connectivity index (χ2v) is 9.75. The monoisotopic (exact) mass is 488 g/mol. The highest BCUT2D eigenvalue weighted by atomic mass is 35.5. The van der Waals surface area contributed by atoms with Crippen LogP contribution < -0.4 is 19.1 Å². The Morgan fingerprint density at radius 2 is 1.67 bits per heavy atom. The van der Waals surface area contributed by atoms with Gasteiger partial charge in [-0.25, -0.2) is 8.42 Å². The lowest BCUT2D eigenvalue weighted by Gasteiger charge is -2.20. The second-order valence-electron chi connectivity index (χ2n) is 7.38. The lowest BCUT2D eigenvalue weighted by atomic mass is 10.2. The number of benzene rings is 3. The van der Waals surface area contributed by atoms with E-state index in [1.807, 2.05) is 6.92 Å². The van der Waals surface area contributed by atoms with Crippen molar-refractivity contribution in [2.75, 3.05) is 23.8 Å². The summed E-state index contributed by atoms with van der Waals surface area (Å²) in [5, 5.41) is 3.11. The SMILES string of the molecule is COc1ccc(NC(=O)C(C)Oc2ccc(N(C)S(=O)(=O)c3ccc(C)cc3)cc2)cc1Cl. The van der Waals surface area contributed by atoms with Crippen molar-refractivity contribution in [2.24, 2.45) is 0 Å². The molecule has 0 aliphatic heterocycles. The van der Waals surface area contributed by atoms with Crippen molar-refractivity contribution < 1.29 is 22.7 Å². The number of carbonyl (C=O) groups is 1. The molecule has 3 rings (SSSR count). The molecule has 7 nitrogen and oxygen atoms in total. The topological polar surface area (TPSA) is 84.9 Å². The van der Waals surface area contributed by atoms with Gasteiger partial charge in [0, 0.05) is 12.7 Å². The normalized spacial score (nSPS) is 12.0. The maximum Gasteiger partial charge on any atom is 0.265 e. The van der Waals surface area contributed by atoms with Crippen LogP contribution in [0, 0.1) is 6.92 Å². The zero-order valence-corrected chi connectivity index (χ0v) is 20.3. The summed E-state index contributed by atoms with van der Waals surface area (Å²) in [6, 6.07) is 18.1. The second kappa shape index (κ2) is 10.1. The molecule has 0 spiro atoms. The Morgan fingerprint density at radius 3 is 2.24 bits per heavy atom. The van der Waals surface area contributed by atoms with Gasteiger partial charge in [0.1, 0.15) is 11.5 Å². The average molecular weight is 489 g/mol. The number of ether oxygens (including phenoxy) is 2. The maximum atomic E-state index is 12.9. The van der Waals surface area contributed by atoms with Crippen LogP contribution in [0.1, 0.15) is 12.5 Å². The molecule has 1 atom stereocenters. The third-order valence-electron chi connectivity index (χ3n) is 4.98. The quantitative estimate of drug-likeness (QED) is 0.488. The predicted octanol–water partition coefficient (Wildman–Crippen LogP) is 4.89. The fourth-order valence-electron chi connectivity index (χ4n) is 2.99. The molecule has 0 heterocycles. The molecular weight excluding hydrogens is 464 g/mol. The minimum Gasteiger partial charge on any atom is -0.495 e. The van der Waals surface area contributed by atoms with E-state index in [9.17, 15) is 13.2 Å². The minimum absolute atomic E-state index is 0.208. The van der Waals surface area contributed by atoms with Crippen LogP contribution >= 0.6 is 11.6 Å². The Morgan fingerprint density at radius 1 is 1.03 bits per heavy atom. The molecule has 174 valence electrons. The molecule has 33 heavy (non-hydrogen) atoms. The van der Waals surface area contributed by atoms with E-state index in [4.69, 9.17) is 21.1 Å². The van der Waals surface area contributed by atoms with Gasteiger partial charge in [-0.1, -0.05) is 29.3 Å². The van der Waals surface area contributed by atoms with E-state index in [0.717, 1.165) is 5.56 Å². The number of rotatable bonds is 8. The highest BCUT2D eigenvalue weighted by Crippen LogP contribution is 2.28. The number of aryl methyl sites for hydroxylation is 1. The Balaban J connectivity index is 1.65. The molecule has 0 bridgehead atoms. The molecule has 0 saturated carbocycles. The Hall–Kier alpha value is -3.23. The first-order valence-electron chi connectivity index (χ1n) is 10.1. The molecule has 1 unspecified atom stereocenters. The number of nitrogens with one attached hydrogen (secondary N) is 1. The summed E-state index contributed by atoms with van der Waals surface area (Å²) in [4.78, 5) is 12.7. The van der Waals surface area contributed by atoms with Crippen molar-refractivity contribution in [3.05, 3.63) is 77.3 Å². The molecule has 0 fully saturated rings. The predicted molar refractivity (Wildman–Crippen MR) is 130 cm³/mol. The van der Waals surface area contributed by atoms with Gasteiger partial charge in [0.05, 0.1) is 22.7 Å². The van der Waals surface area contributed by atoms with Crippen LogP contribution in [0.15, 0.2) is 71.6 Å². The molecule has 0 aliphatic carbocycles. The summed E-state index contributed by atoms with van der Waals surface area (Å²) in [7, 11) is -0.695. The average Bonchev–Trinajstić information content (AvgIpc) is 2.79. The van der Waals surface area contributed by atoms with E-state index in [0.29, 0.717) is 27.9 Å². The molecule has 3 aromatic carbocycles. The van der Waals surface area contributed by atoms with Gasteiger partial charge in [-0.2, -0.15) is 0 Å². The van der Waals surface area contributed by atoms with Gasteiger partial charge < -0.3 is 14.8 Å². The van der Waals surface area contributed by atoms with Crippen molar-refractivity contribution >= 4 is 38.9 Å². The van der Waals surface area contributed by atoms with Crippen LogP contribution in [0.4, 0.5) is 11.4 Å². The number of sulfonamides is 1. The van der Waals surface area contributed by atoms with Crippen molar-refractivity contribution in [3.8, 4) is 11.5 Å². The maximum absolute atomic E-state index is 12.9. The van der Waals surface area contributed by atoms with E-state index in [2.05, 4.69) is 5.32 Å². The van der Waals surface area contributed by atoms with Gasteiger partial charge in [0.2, 0.25) is 0 Å². The molecule has 1 N–H and O–H groups in total. The fourth-order valence-corrected chi connectivity index (χ4v) is 4.44. The Labute approximate surface area is 198 Å². The van der Waals surface area contributed by atoms with Crippen LogP contribution in [0.25, 0.3) is 0 Å². The first kappa shape index (κ1) is 24.4. The third kappa shape index (κ3) is 5.77. The standard InChI is InChI=1S/C24H25ClN2O5S/c1-16-5-12-21(13-6-16)33(29,30)27(3)19-8-10-20(11-9-19)32-17(2)24(28)26-18-7-14-23(31-4)22(25)15-18/h5-15,17H,1-4H3,(H,26,28). The van der Waals surface area contributed by atoms with Gasteiger partial charge in [0.25, 0.3) is 15.9 Å². The molecule has 3 aromatic rings. The van der Waals surface area contributed by atoms with Crippen molar-refractivity contribution in [3.63, 3.8) is 0 Å². The Kier molecular flexibility index (Phi) is 7.50. The summed E-state index contributed by atoms with van der Waals surface area (Å²) >= 11 is 6.09. The summed E-state index contributed by atoms with van der Waals surface area (Å²) in [6.07, 6.45) is -0.800. The van der Waals surface area contributed by atoms with Crippen LogP contribution in [-0.4, -0.2) is 34.6 Å². The minimum atomic E-state index is -3.69. The number of amides is 1. The van der Waals surface area contributed by atoms with Crippen LogP contribution in [0.5, 0.6) is 11.5 Å². The smallest absolute Gasteiger partial charge is 0.265 e. The van der Waals surface area contributed by atoms with E-state index >= 15 is 0 Å². The highest BCUT2D eigenvalue weighted by molar-refractivity contribution is 7.92. The van der Waals surface area contributed by atoms with Gasteiger partial charge >= 0.3 is 0 Å². The number of halogens is 1. The number of methoxy groups -OCH3 is 1. The molecule has 0 saturated heterocycles. The van der Waals surface area contributed by atoms with E-state index in [1.54, 1.807) is 73.7 Å². The van der Waals surface area contributed by atoms with Crippen LogP contribution in [0.3, 0.4) is 0 Å². The van der Waals surface area contributed by atoms with Gasteiger partial charge in [-0.15, -0.1) is 0 Å². The summed E-state index contributed by atoms with van der Waals surface area (Å²) in [5.74, 6) is 0.572. The fraction of sp³-hybridized carbons (Fsp3) is 0.208. The molecule has 0 radical (unpaired) electrons. The van der Waals surface area contributed by atoms with Crippen molar-refractivity contribution in [1.29, 1.82) is 0 Å². The van der Waals surface area contributed by atoms with Gasteiger partial charge in [0.15, 0.2) is 6.10 Å². The summed E-state index contributed by atoms with van der Waals surface area (Å²) < 4.78 is 37.7. The largest absolute Gasteiger partial charge is 0.495 e. The third-order valence-corrected chi connectivity index (χ3v) is 7.08.